The van der Waals surface area contributed by atoms with Gasteiger partial charge in [0.1, 0.15) is 6.04 Å². The number of rotatable bonds is 7. The second-order valence-corrected chi connectivity index (χ2v) is 6.67. The van der Waals surface area contributed by atoms with E-state index in [-0.39, 0.29) is 12.3 Å². The summed E-state index contributed by atoms with van der Waals surface area (Å²) >= 11 is 6.19. The second kappa shape index (κ2) is 8.73. The van der Waals surface area contributed by atoms with Gasteiger partial charge in [0.25, 0.3) is 0 Å². The number of fused-ring (bicyclic) bond motifs is 1. The molecule has 0 radical (unpaired) electrons. The van der Waals surface area contributed by atoms with Gasteiger partial charge in [-0.3, -0.25) is 4.79 Å². The van der Waals surface area contributed by atoms with E-state index < -0.39 is 12.0 Å². The molecule has 5 nitrogen and oxygen atoms in total. The number of nitrogens with zero attached hydrogens (tertiary/aromatic N) is 1. The minimum absolute atomic E-state index is 0.204. The van der Waals surface area contributed by atoms with E-state index in [9.17, 15) is 9.59 Å². The summed E-state index contributed by atoms with van der Waals surface area (Å²) in [6.07, 6.45) is 2.55. The van der Waals surface area contributed by atoms with Crippen molar-refractivity contribution in [3.8, 4) is 0 Å². The molecule has 1 heterocycles. The minimum Gasteiger partial charge on any atom is -0.467 e. The van der Waals surface area contributed by atoms with E-state index in [1.165, 1.54) is 7.11 Å². The average molecular weight is 385 g/mol. The number of hydrogen-bond acceptors (Lipinski definition) is 3. The third-order valence-electron chi connectivity index (χ3n) is 4.44. The third kappa shape index (κ3) is 4.68. The first-order chi connectivity index (χ1) is 13.1. The molecule has 140 valence electrons. The summed E-state index contributed by atoms with van der Waals surface area (Å²) in [7, 11) is 1.32. The molecule has 1 aromatic heterocycles. The Morgan fingerprint density at radius 2 is 1.89 bits per heavy atom. The van der Waals surface area contributed by atoms with Crippen molar-refractivity contribution >= 4 is 34.4 Å². The molecule has 0 saturated heterocycles. The van der Waals surface area contributed by atoms with Gasteiger partial charge >= 0.3 is 5.97 Å². The Hall–Kier alpha value is -2.79. The lowest BCUT2D eigenvalue weighted by Crippen LogP contribution is -2.43. The van der Waals surface area contributed by atoms with Crippen LogP contribution >= 0.6 is 11.6 Å². The Kier molecular flexibility index (Phi) is 6.14. The predicted molar refractivity (Wildman–Crippen MR) is 106 cm³/mol. The fourth-order valence-electron chi connectivity index (χ4n) is 3.05. The van der Waals surface area contributed by atoms with Crippen LogP contribution in [0.3, 0.4) is 0 Å². The van der Waals surface area contributed by atoms with Crippen molar-refractivity contribution < 1.29 is 14.3 Å². The molecular formula is C21H21ClN2O3. The van der Waals surface area contributed by atoms with Crippen LogP contribution in [0.4, 0.5) is 0 Å². The fourth-order valence-corrected chi connectivity index (χ4v) is 3.29. The first-order valence-electron chi connectivity index (χ1n) is 8.73. The number of hydrogen-bond donors (Lipinski definition) is 1. The molecule has 1 N–H and O–H groups in total. The number of methoxy groups -OCH3 is 1. The van der Waals surface area contributed by atoms with Gasteiger partial charge in [-0.2, -0.15) is 0 Å². The normalized spacial score (nSPS) is 11.9. The van der Waals surface area contributed by atoms with Crippen LogP contribution in [0.5, 0.6) is 0 Å². The van der Waals surface area contributed by atoms with Crippen molar-refractivity contribution in [2.24, 2.45) is 0 Å². The summed E-state index contributed by atoms with van der Waals surface area (Å²) in [6, 6.07) is 16.4. The van der Waals surface area contributed by atoms with Gasteiger partial charge < -0.3 is 14.6 Å². The van der Waals surface area contributed by atoms with Gasteiger partial charge in [0, 0.05) is 41.5 Å². The quantitative estimate of drug-likeness (QED) is 0.633. The zero-order chi connectivity index (χ0) is 19.2. The highest BCUT2D eigenvalue weighted by atomic mass is 35.5. The maximum absolute atomic E-state index is 12.4. The molecule has 1 amide bonds. The molecule has 0 aliphatic carbocycles. The second-order valence-electron chi connectivity index (χ2n) is 6.26. The van der Waals surface area contributed by atoms with Crippen molar-refractivity contribution in [1.29, 1.82) is 0 Å². The summed E-state index contributed by atoms with van der Waals surface area (Å²) < 4.78 is 6.81. The van der Waals surface area contributed by atoms with Gasteiger partial charge in [-0.25, -0.2) is 4.79 Å². The van der Waals surface area contributed by atoms with E-state index in [0.29, 0.717) is 18.0 Å². The summed E-state index contributed by atoms with van der Waals surface area (Å²) in [5, 5.41) is 4.42. The molecule has 0 aliphatic heterocycles. The van der Waals surface area contributed by atoms with Gasteiger partial charge in [0.05, 0.1) is 7.11 Å². The number of esters is 1. The molecule has 3 rings (SSSR count). The maximum atomic E-state index is 12.4. The number of carbonyl (C=O) groups excluding carboxylic acids is 2. The van der Waals surface area contributed by atoms with Crippen LogP contribution in [0.1, 0.15) is 12.0 Å². The van der Waals surface area contributed by atoms with E-state index in [4.69, 9.17) is 16.3 Å². The van der Waals surface area contributed by atoms with Gasteiger partial charge in [-0.1, -0.05) is 48.0 Å². The molecule has 27 heavy (non-hydrogen) atoms. The Balaban J connectivity index is 1.63. The van der Waals surface area contributed by atoms with Gasteiger partial charge in [-0.05, 0) is 23.8 Å². The molecule has 0 saturated carbocycles. The lowest BCUT2D eigenvalue weighted by Gasteiger charge is -2.17. The van der Waals surface area contributed by atoms with Crippen LogP contribution in [-0.2, 0) is 27.3 Å². The minimum atomic E-state index is -0.708. The Labute approximate surface area is 162 Å². The van der Waals surface area contributed by atoms with Gasteiger partial charge in [-0.15, -0.1) is 0 Å². The average Bonchev–Trinajstić information content (AvgIpc) is 3.10. The maximum Gasteiger partial charge on any atom is 0.328 e. The van der Waals surface area contributed by atoms with E-state index >= 15 is 0 Å². The van der Waals surface area contributed by atoms with E-state index in [2.05, 4.69) is 5.32 Å². The monoisotopic (exact) mass is 384 g/mol. The Bertz CT molecular complexity index is 937. The molecule has 6 heteroatoms. The van der Waals surface area contributed by atoms with Crippen LogP contribution in [0, 0.1) is 0 Å². The van der Waals surface area contributed by atoms with Crippen LogP contribution in [-0.4, -0.2) is 29.6 Å². The molecule has 0 fully saturated rings. The third-order valence-corrected chi connectivity index (χ3v) is 4.77. The SMILES string of the molecule is COC(=O)[C@H](Cc1ccccc1)NC(=O)CCn1ccc2c(Cl)cccc21. The number of aryl methyl sites for hydroxylation is 1. The van der Waals surface area contributed by atoms with E-state index in [1.807, 2.05) is 65.4 Å². The van der Waals surface area contributed by atoms with Crippen LogP contribution in [0.2, 0.25) is 5.02 Å². The zero-order valence-electron chi connectivity index (χ0n) is 15.0. The standard InChI is InChI=1S/C21H21ClN2O3/c1-27-21(26)18(14-15-6-3-2-4-7-15)23-20(25)11-13-24-12-10-16-17(22)8-5-9-19(16)24/h2-10,12,18H,11,13-14H2,1H3,(H,23,25)/t18-/m0/s1. The summed E-state index contributed by atoms with van der Waals surface area (Å²) in [5.41, 5.74) is 1.93. The first-order valence-corrected chi connectivity index (χ1v) is 9.11. The number of aromatic nitrogens is 1. The molecular weight excluding hydrogens is 364 g/mol. The summed E-state index contributed by atoms with van der Waals surface area (Å²) in [4.78, 5) is 24.4. The molecule has 3 aromatic rings. The fraction of sp³-hybridized carbons (Fsp3) is 0.238. The molecule has 2 aromatic carbocycles. The van der Waals surface area contributed by atoms with Crippen LogP contribution in [0.25, 0.3) is 10.9 Å². The highest BCUT2D eigenvalue weighted by molar-refractivity contribution is 6.35. The van der Waals surface area contributed by atoms with E-state index in [0.717, 1.165) is 16.5 Å². The molecule has 0 spiro atoms. The predicted octanol–water partition coefficient (Wildman–Crippen LogP) is 3.59. The van der Waals surface area contributed by atoms with Gasteiger partial charge in [0.2, 0.25) is 5.91 Å². The summed E-state index contributed by atoms with van der Waals surface area (Å²) in [5.74, 6) is -0.657. The zero-order valence-corrected chi connectivity index (χ0v) is 15.8. The van der Waals surface area contributed by atoms with Crippen molar-refractivity contribution in [2.75, 3.05) is 7.11 Å². The number of benzene rings is 2. The van der Waals surface area contributed by atoms with Crippen LogP contribution in [0.15, 0.2) is 60.8 Å². The number of amides is 1. The first kappa shape index (κ1) is 19.0. The topological polar surface area (TPSA) is 60.3 Å². The van der Waals surface area contributed by atoms with Crippen LogP contribution < -0.4 is 5.32 Å². The Morgan fingerprint density at radius 3 is 2.63 bits per heavy atom. The lowest BCUT2D eigenvalue weighted by molar-refractivity contribution is -0.145. The van der Waals surface area contributed by atoms with E-state index in [1.54, 1.807) is 0 Å². The lowest BCUT2D eigenvalue weighted by atomic mass is 10.1. The number of halogens is 1. The smallest absolute Gasteiger partial charge is 0.328 e. The van der Waals surface area contributed by atoms with Crippen molar-refractivity contribution in [2.45, 2.75) is 25.4 Å². The number of nitrogens with one attached hydrogen (secondary N) is 1. The number of ether oxygens (including phenoxy) is 1. The number of carbonyl (C=O) groups is 2. The van der Waals surface area contributed by atoms with Crippen molar-refractivity contribution in [3.05, 3.63) is 71.4 Å². The highest BCUT2D eigenvalue weighted by Gasteiger charge is 2.21. The van der Waals surface area contributed by atoms with Crippen molar-refractivity contribution in [1.82, 2.24) is 9.88 Å². The highest BCUT2D eigenvalue weighted by Crippen LogP contribution is 2.24. The molecule has 0 unspecified atom stereocenters. The largest absolute Gasteiger partial charge is 0.467 e. The molecule has 0 bridgehead atoms. The van der Waals surface area contributed by atoms with Gasteiger partial charge in [0.15, 0.2) is 0 Å². The molecule has 0 aliphatic rings. The Morgan fingerprint density at radius 1 is 1.11 bits per heavy atom. The molecule has 1 atom stereocenters. The van der Waals surface area contributed by atoms with Crippen molar-refractivity contribution in [3.63, 3.8) is 0 Å². The summed E-state index contributed by atoms with van der Waals surface area (Å²) in [6.45, 7) is 0.495.